The van der Waals surface area contributed by atoms with E-state index in [1.807, 2.05) is 30.3 Å². The maximum atomic E-state index is 12.5. The zero-order chi connectivity index (χ0) is 16.2. The number of benzene rings is 1. The predicted molar refractivity (Wildman–Crippen MR) is 87.5 cm³/mol. The molecule has 1 unspecified atom stereocenters. The molecule has 1 aromatic rings. The number of hydrogen-bond acceptors (Lipinski definition) is 3. The quantitative estimate of drug-likeness (QED) is 0.898. The van der Waals surface area contributed by atoms with Crippen LogP contribution in [0.5, 0.6) is 0 Å². The summed E-state index contributed by atoms with van der Waals surface area (Å²) in [6.07, 6.45) is 2.65. The molecule has 1 aliphatic carbocycles. The molecular formula is C19H28O3. The third-order valence-electron chi connectivity index (χ3n) is 4.78. The first-order chi connectivity index (χ1) is 10.4. The third kappa shape index (κ3) is 4.65. The molecule has 1 saturated carbocycles. The van der Waals surface area contributed by atoms with Crippen molar-refractivity contribution in [1.82, 2.24) is 0 Å². The number of aliphatic hydroxyl groups is 2. The fourth-order valence-corrected chi connectivity index (χ4v) is 3.47. The largest absolute Gasteiger partial charge is 0.392 e. The Morgan fingerprint density at radius 3 is 2.64 bits per heavy atom. The summed E-state index contributed by atoms with van der Waals surface area (Å²) in [6, 6.07) is 9.95. The van der Waals surface area contributed by atoms with E-state index in [4.69, 9.17) is 0 Å². The van der Waals surface area contributed by atoms with Gasteiger partial charge in [-0.15, -0.1) is 0 Å². The molecule has 1 aliphatic rings. The van der Waals surface area contributed by atoms with Crippen LogP contribution >= 0.6 is 0 Å². The predicted octanol–water partition coefficient (Wildman–Crippen LogP) is 3.13. The summed E-state index contributed by atoms with van der Waals surface area (Å²) in [5, 5.41) is 20.8. The van der Waals surface area contributed by atoms with E-state index in [1.165, 1.54) is 0 Å². The van der Waals surface area contributed by atoms with Crippen molar-refractivity contribution in [2.75, 3.05) is 0 Å². The van der Waals surface area contributed by atoms with Crippen LogP contribution in [-0.2, 0) is 11.2 Å². The average Bonchev–Trinajstić information content (AvgIpc) is 2.44. The third-order valence-corrected chi connectivity index (χ3v) is 4.78. The van der Waals surface area contributed by atoms with Crippen molar-refractivity contribution in [2.24, 2.45) is 11.3 Å². The van der Waals surface area contributed by atoms with Gasteiger partial charge < -0.3 is 10.2 Å². The summed E-state index contributed by atoms with van der Waals surface area (Å²) < 4.78 is 0. The molecule has 0 spiro atoms. The van der Waals surface area contributed by atoms with Crippen LogP contribution in [0, 0.1) is 11.3 Å². The molecule has 3 heteroatoms. The number of carbonyl (C=O) groups is 1. The minimum Gasteiger partial charge on any atom is -0.392 e. The van der Waals surface area contributed by atoms with Gasteiger partial charge in [-0.3, -0.25) is 4.79 Å². The molecule has 22 heavy (non-hydrogen) atoms. The van der Waals surface area contributed by atoms with E-state index >= 15 is 0 Å². The van der Waals surface area contributed by atoms with Gasteiger partial charge in [0.15, 0.2) is 0 Å². The van der Waals surface area contributed by atoms with E-state index in [0.29, 0.717) is 19.3 Å². The lowest BCUT2D eigenvalue weighted by Gasteiger charge is -2.34. The highest BCUT2D eigenvalue weighted by molar-refractivity contribution is 5.82. The Balaban J connectivity index is 2.01. The molecule has 3 nitrogen and oxygen atoms in total. The van der Waals surface area contributed by atoms with E-state index in [-0.39, 0.29) is 11.2 Å². The van der Waals surface area contributed by atoms with Crippen molar-refractivity contribution >= 4 is 5.78 Å². The van der Waals surface area contributed by atoms with Gasteiger partial charge >= 0.3 is 0 Å². The number of hydrogen-bond donors (Lipinski definition) is 2. The fourth-order valence-electron chi connectivity index (χ4n) is 3.47. The van der Waals surface area contributed by atoms with Crippen LogP contribution in [-0.4, -0.2) is 28.2 Å². The lowest BCUT2D eigenvalue weighted by molar-refractivity contribution is -0.135. The average molecular weight is 304 g/mol. The number of Topliss-reactive ketones (excluding diaryl/α,β-unsaturated/α-hetero) is 1. The van der Waals surface area contributed by atoms with Gasteiger partial charge in [-0.1, -0.05) is 50.6 Å². The van der Waals surface area contributed by atoms with E-state index < -0.39 is 18.1 Å². The van der Waals surface area contributed by atoms with Crippen molar-refractivity contribution in [3.8, 4) is 0 Å². The van der Waals surface area contributed by atoms with Gasteiger partial charge in [0.2, 0.25) is 0 Å². The minimum atomic E-state index is -0.767. The van der Waals surface area contributed by atoms with Crippen LogP contribution in [0.3, 0.4) is 0 Å². The summed E-state index contributed by atoms with van der Waals surface area (Å²) in [5.74, 6) is -0.624. The van der Waals surface area contributed by atoms with Gasteiger partial charge in [0.1, 0.15) is 5.78 Å². The van der Waals surface area contributed by atoms with Crippen LogP contribution in [0.4, 0.5) is 0 Å². The summed E-state index contributed by atoms with van der Waals surface area (Å²) in [5.41, 5.74) is 1.11. The molecule has 3 atom stereocenters. The Bertz CT molecular complexity index is 481. The highest BCUT2D eigenvalue weighted by atomic mass is 16.3. The summed E-state index contributed by atoms with van der Waals surface area (Å²) in [4.78, 5) is 12.5. The van der Waals surface area contributed by atoms with Gasteiger partial charge in [-0.2, -0.15) is 0 Å². The topological polar surface area (TPSA) is 57.5 Å². The van der Waals surface area contributed by atoms with E-state index in [0.717, 1.165) is 24.8 Å². The Hall–Kier alpha value is -1.19. The molecule has 2 rings (SSSR count). The molecule has 0 aromatic heterocycles. The normalized spacial score (nSPS) is 27.0. The summed E-state index contributed by atoms with van der Waals surface area (Å²) in [7, 11) is 0. The minimum absolute atomic E-state index is 0.0118. The van der Waals surface area contributed by atoms with Crippen LogP contribution < -0.4 is 0 Å². The Morgan fingerprint density at radius 2 is 1.95 bits per heavy atom. The van der Waals surface area contributed by atoms with Crippen LogP contribution in [0.15, 0.2) is 30.3 Å². The molecule has 0 radical (unpaired) electrons. The van der Waals surface area contributed by atoms with Crippen molar-refractivity contribution < 1.29 is 15.0 Å². The maximum Gasteiger partial charge on any atom is 0.141 e. The highest BCUT2D eigenvalue weighted by Gasteiger charge is 2.37. The van der Waals surface area contributed by atoms with Gasteiger partial charge in [0.25, 0.3) is 0 Å². The van der Waals surface area contributed by atoms with E-state index in [2.05, 4.69) is 13.8 Å². The molecular weight excluding hydrogens is 276 g/mol. The zero-order valence-electron chi connectivity index (χ0n) is 13.7. The first kappa shape index (κ1) is 17.2. The monoisotopic (exact) mass is 304 g/mol. The molecule has 2 N–H and O–H groups in total. The second-order valence-corrected chi connectivity index (χ2v) is 7.38. The van der Waals surface area contributed by atoms with Crippen molar-refractivity contribution in [1.29, 1.82) is 0 Å². The summed E-state index contributed by atoms with van der Waals surface area (Å²) in [6.45, 7) is 4.19. The fraction of sp³-hybridized carbons (Fsp3) is 0.632. The standard InChI is InChI=1S/C19H28O3/c1-19(2)12-6-9-15(20)18(17(22)13-19)16(21)11-10-14-7-4-3-5-8-14/h3-5,7-8,15-16,18,20-21H,6,9-13H2,1-2H3/t15-,16?,18+/m0/s1. The van der Waals surface area contributed by atoms with Crippen LogP contribution in [0.1, 0.15) is 51.5 Å². The number of carbonyl (C=O) groups excluding carboxylic acids is 1. The van der Waals surface area contributed by atoms with E-state index in [9.17, 15) is 15.0 Å². The number of aryl methyl sites for hydroxylation is 1. The van der Waals surface area contributed by atoms with Crippen molar-refractivity contribution in [3.05, 3.63) is 35.9 Å². The second-order valence-electron chi connectivity index (χ2n) is 7.38. The first-order valence-corrected chi connectivity index (χ1v) is 8.32. The molecule has 122 valence electrons. The molecule has 0 bridgehead atoms. The highest BCUT2D eigenvalue weighted by Crippen LogP contribution is 2.35. The molecule has 1 aromatic carbocycles. The Kier molecular flexibility index (Phi) is 5.76. The van der Waals surface area contributed by atoms with Gasteiger partial charge in [-0.05, 0) is 36.7 Å². The van der Waals surface area contributed by atoms with Crippen molar-refractivity contribution in [2.45, 2.75) is 64.6 Å². The van der Waals surface area contributed by atoms with Gasteiger partial charge in [0, 0.05) is 6.42 Å². The van der Waals surface area contributed by atoms with E-state index in [1.54, 1.807) is 0 Å². The SMILES string of the molecule is CC1(C)CCC[C@H](O)[C@H](C(O)CCc2ccccc2)C(=O)C1. The van der Waals surface area contributed by atoms with Gasteiger partial charge in [-0.25, -0.2) is 0 Å². The smallest absolute Gasteiger partial charge is 0.141 e. The number of rotatable bonds is 4. The lowest BCUT2D eigenvalue weighted by atomic mass is 9.73. The molecule has 0 aliphatic heterocycles. The Labute approximate surface area is 133 Å². The lowest BCUT2D eigenvalue weighted by Crippen LogP contribution is -2.41. The molecule has 1 fully saturated rings. The molecule has 0 amide bonds. The van der Waals surface area contributed by atoms with Crippen LogP contribution in [0.2, 0.25) is 0 Å². The maximum absolute atomic E-state index is 12.5. The van der Waals surface area contributed by atoms with Gasteiger partial charge in [0.05, 0.1) is 18.1 Å². The molecule has 0 saturated heterocycles. The number of aliphatic hydroxyl groups excluding tert-OH is 2. The zero-order valence-corrected chi connectivity index (χ0v) is 13.7. The Morgan fingerprint density at radius 1 is 1.27 bits per heavy atom. The second kappa shape index (κ2) is 7.38. The first-order valence-electron chi connectivity index (χ1n) is 8.32. The number of ketones is 1. The summed E-state index contributed by atoms with van der Waals surface area (Å²) >= 11 is 0. The van der Waals surface area contributed by atoms with Crippen LogP contribution in [0.25, 0.3) is 0 Å². The van der Waals surface area contributed by atoms with Crippen molar-refractivity contribution in [3.63, 3.8) is 0 Å². The molecule has 0 heterocycles.